The van der Waals surface area contributed by atoms with Gasteiger partial charge in [0.25, 0.3) is 0 Å². The van der Waals surface area contributed by atoms with Crippen molar-refractivity contribution in [1.29, 1.82) is 0 Å². The van der Waals surface area contributed by atoms with Gasteiger partial charge in [0.05, 0.1) is 7.11 Å². The average molecular weight is 293 g/mol. The normalized spacial score (nSPS) is 21.2. The molecule has 1 N–H and O–H groups in total. The summed E-state index contributed by atoms with van der Waals surface area (Å²) >= 11 is 0. The highest BCUT2D eigenvalue weighted by Crippen LogP contribution is 2.40. The van der Waals surface area contributed by atoms with Crippen LogP contribution in [0, 0.1) is 0 Å². The monoisotopic (exact) mass is 293 g/mol. The first-order valence-corrected chi connectivity index (χ1v) is 7.39. The Hall–Kier alpha value is -1.76. The molecular formula is C14H23N5O2. The van der Waals surface area contributed by atoms with Crippen molar-refractivity contribution >= 4 is 11.8 Å². The quantitative estimate of drug-likeness (QED) is 0.888. The highest BCUT2D eigenvalue weighted by Gasteiger charge is 2.48. The Morgan fingerprint density at radius 1 is 1.29 bits per heavy atom. The third-order valence-electron chi connectivity index (χ3n) is 4.84. The van der Waals surface area contributed by atoms with E-state index in [9.17, 15) is 4.79 Å². The van der Waals surface area contributed by atoms with Crippen LogP contribution in [0.3, 0.4) is 0 Å². The molecule has 0 atom stereocenters. The van der Waals surface area contributed by atoms with Gasteiger partial charge in [-0.1, -0.05) is 0 Å². The van der Waals surface area contributed by atoms with E-state index >= 15 is 0 Å². The van der Waals surface area contributed by atoms with Gasteiger partial charge < -0.3 is 14.5 Å². The van der Waals surface area contributed by atoms with Crippen LogP contribution >= 0.6 is 0 Å². The van der Waals surface area contributed by atoms with Crippen molar-refractivity contribution in [3.05, 3.63) is 6.07 Å². The molecular weight excluding hydrogens is 270 g/mol. The van der Waals surface area contributed by atoms with Crippen molar-refractivity contribution in [2.75, 3.05) is 39.1 Å². The van der Waals surface area contributed by atoms with Gasteiger partial charge in [-0.05, 0) is 26.3 Å². The molecule has 1 aromatic rings. The molecule has 0 aromatic carbocycles. The maximum absolute atomic E-state index is 12.5. The summed E-state index contributed by atoms with van der Waals surface area (Å²) in [6.07, 6.45) is 3.24. The van der Waals surface area contributed by atoms with E-state index < -0.39 is 0 Å². The number of piperidine rings is 1. The predicted molar refractivity (Wildman–Crippen MR) is 79.6 cm³/mol. The molecule has 3 rings (SSSR count). The van der Waals surface area contributed by atoms with Crippen molar-refractivity contribution in [1.82, 2.24) is 19.6 Å². The number of nitrogens with zero attached hydrogens (tertiary/aromatic N) is 4. The number of aromatic nitrogens is 2. The molecule has 0 aliphatic carbocycles. The van der Waals surface area contributed by atoms with Gasteiger partial charge in [0.2, 0.25) is 5.88 Å². The first kappa shape index (κ1) is 14.2. The van der Waals surface area contributed by atoms with Gasteiger partial charge in [0.1, 0.15) is 5.82 Å². The maximum atomic E-state index is 12.5. The van der Waals surface area contributed by atoms with Crippen molar-refractivity contribution in [3.63, 3.8) is 0 Å². The van der Waals surface area contributed by atoms with Crippen LogP contribution in [0.1, 0.15) is 19.3 Å². The minimum atomic E-state index is -0.0311. The van der Waals surface area contributed by atoms with Crippen LogP contribution in [0.2, 0.25) is 0 Å². The number of amides is 2. The number of methoxy groups -OCH3 is 1. The van der Waals surface area contributed by atoms with E-state index in [1.54, 1.807) is 24.9 Å². The lowest BCUT2D eigenvalue weighted by Gasteiger charge is -2.55. The Morgan fingerprint density at radius 2 is 1.95 bits per heavy atom. The summed E-state index contributed by atoms with van der Waals surface area (Å²) in [4.78, 5) is 16.8. The summed E-state index contributed by atoms with van der Waals surface area (Å²) in [7, 11) is 5.49. The lowest BCUT2D eigenvalue weighted by atomic mass is 9.77. The summed E-state index contributed by atoms with van der Waals surface area (Å²) in [5.41, 5.74) is 0.0687. The Kier molecular flexibility index (Phi) is 3.52. The van der Waals surface area contributed by atoms with Crippen LogP contribution in [0.15, 0.2) is 6.07 Å². The number of hydrogen-bond acceptors (Lipinski definition) is 4. The number of anilines is 1. The molecule has 7 nitrogen and oxygen atoms in total. The van der Waals surface area contributed by atoms with Crippen LogP contribution in [-0.4, -0.2) is 64.9 Å². The second-order valence-electron chi connectivity index (χ2n) is 6.05. The summed E-state index contributed by atoms with van der Waals surface area (Å²) in [6, 6.07) is 1.70. The molecule has 2 aliphatic rings. The van der Waals surface area contributed by atoms with Crippen molar-refractivity contribution in [2.24, 2.45) is 7.05 Å². The number of hydrogen-bond donors (Lipinski definition) is 1. The van der Waals surface area contributed by atoms with E-state index in [1.807, 2.05) is 4.90 Å². The van der Waals surface area contributed by atoms with Gasteiger partial charge in [-0.25, -0.2) is 9.48 Å². The van der Waals surface area contributed by atoms with Crippen LogP contribution in [0.25, 0.3) is 0 Å². The highest BCUT2D eigenvalue weighted by molar-refractivity contribution is 5.89. The fourth-order valence-corrected chi connectivity index (χ4v) is 3.25. The molecule has 2 aliphatic heterocycles. The Bertz CT molecular complexity index is 533. The Labute approximate surface area is 124 Å². The molecule has 7 heteroatoms. The standard InChI is InChI=1S/C14H23N5O2/c1-17-7-4-14(5-8-17)6-9-19(14)13(20)15-11-10-12(21-3)16-18(11)2/h10H,4-9H2,1-3H3,(H,15,20). The molecule has 2 fully saturated rings. The Balaban J connectivity index is 1.67. The second kappa shape index (κ2) is 5.22. The zero-order chi connectivity index (χ0) is 15.0. The summed E-state index contributed by atoms with van der Waals surface area (Å²) in [5.74, 6) is 1.16. The number of rotatable bonds is 2. The van der Waals surface area contributed by atoms with E-state index in [1.165, 1.54) is 0 Å². The summed E-state index contributed by atoms with van der Waals surface area (Å²) < 4.78 is 6.70. The molecule has 1 spiro atoms. The van der Waals surface area contributed by atoms with E-state index in [2.05, 4.69) is 22.4 Å². The van der Waals surface area contributed by atoms with Gasteiger partial charge in [0.15, 0.2) is 0 Å². The maximum Gasteiger partial charge on any atom is 0.323 e. The fourth-order valence-electron chi connectivity index (χ4n) is 3.25. The van der Waals surface area contributed by atoms with E-state index in [0.717, 1.165) is 38.9 Å². The number of nitrogens with one attached hydrogen (secondary N) is 1. The summed E-state index contributed by atoms with van der Waals surface area (Å²) in [6.45, 7) is 2.96. The van der Waals surface area contributed by atoms with E-state index in [4.69, 9.17) is 4.74 Å². The molecule has 0 unspecified atom stereocenters. The first-order valence-electron chi connectivity index (χ1n) is 7.39. The number of aryl methyl sites for hydroxylation is 1. The molecule has 0 radical (unpaired) electrons. The molecule has 2 saturated heterocycles. The number of urea groups is 1. The van der Waals surface area contributed by atoms with Crippen LogP contribution in [0.4, 0.5) is 10.6 Å². The van der Waals surface area contributed by atoms with Gasteiger partial charge in [-0.3, -0.25) is 5.32 Å². The third kappa shape index (κ3) is 2.46. The van der Waals surface area contributed by atoms with Crippen molar-refractivity contribution < 1.29 is 9.53 Å². The number of ether oxygens (including phenoxy) is 1. The molecule has 3 heterocycles. The van der Waals surface area contributed by atoms with Crippen molar-refractivity contribution in [3.8, 4) is 5.88 Å². The molecule has 116 valence electrons. The topological polar surface area (TPSA) is 62.6 Å². The SMILES string of the molecule is COc1cc(NC(=O)N2CCC23CCN(C)CC3)n(C)n1. The predicted octanol–water partition coefficient (Wildman–Crippen LogP) is 1.13. The van der Waals surface area contributed by atoms with Crippen LogP contribution < -0.4 is 10.1 Å². The minimum absolute atomic E-state index is 0.0311. The Morgan fingerprint density at radius 3 is 2.48 bits per heavy atom. The minimum Gasteiger partial charge on any atom is -0.480 e. The number of carbonyl (C=O) groups excluding carboxylic acids is 1. The lowest BCUT2D eigenvalue weighted by Crippen LogP contribution is -2.66. The van der Waals surface area contributed by atoms with E-state index in [0.29, 0.717) is 11.7 Å². The molecule has 2 amide bonds. The average Bonchev–Trinajstić information content (AvgIpc) is 2.79. The fraction of sp³-hybridized carbons (Fsp3) is 0.714. The van der Waals surface area contributed by atoms with Gasteiger partial charge in [-0.2, -0.15) is 0 Å². The van der Waals surface area contributed by atoms with Gasteiger partial charge in [0, 0.05) is 38.3 Å². The molecule has 0 saturated carbocycles. The molecule has 0 bridgehead atoms. The molecule has 21 heavy (non-hydrogen) atoms. The largest absolute Gasteiger partial charge is 0.480 e. The van der Waals surface area contributed by atoms with Gasteiger partial charge in [-0.15, -0.1) is 5.10 Å². The van der Waals surface area contributed by atoms with Gasteiger partial charge >= 0.3 is 6.03 Å². The molecule has 1 aromatic heterocycles. The second-order valence-corrected chi connectivity index (χ2v) is 6.05. The first-order chi connectivity index (χ1) is 10.0. The van der Waals surface area contributed by atoms with Crippen LogP contribution in [0.5, 0.6) is 5.88 Å². The highest BCUT2D eigenvalue weighted by atomic mass is 16.5. The van der Waals surface area contributed by atoms with Crippen LogP contribution in [-0.2, 0) is 7.05 Å². The van der Waals surface area contributed by atoms with E-state index in [-0.39, 0.29) is 11.6 Å². The zero-order valence-corrected chi connectivity index (χ0v) is 12.9. The zero-order valence-electron chi connectivity index (χ0n) is 12.9. The third-order valence-corrected chi connectivity index (χ3v) is 4.84. The lowest BCUT2D eigenvalue weighted by molar-refractivity contribution is -0.0166. The smallest absolute Gasteiger partial charge is 0.323 e. The van der Waals surface area contributed by atoms with Crippen molar-refractivity contribution in [2.45, 2.75) is 24.8 Å². The number of carbonyl (C=O) groups is 1. The summed E-state index contributed by atoms with van der Waals surface area (Å²) in [5, 5.41) is 7.10. The number of likely N-dealkylation sites (tertiary alicyclic amines) is 2.